The molecule has 1 amide bonds. The number of nitrogens with zero attached hydrogens (tertiary/aromatic N) is 2. The second kappa shape index (κ2) is 5.39. The summed E-state index contributed by atoms with van der Waals surface area (Å²) in [7, 11) is 0. The van der Waals surface area contributed by atoms with Gasteiger partial charge in [0, 0.05) is 19.1 Å². The van der Waals surface area contributed by atoms with Crippen LogP contribution in [-0.2, 0) is 0 Å². The Hall–Kier alpha value is -1.56. The molecule has 1 aromatic rings. The van der Waals surface area contributed by atoms with Crippen LogP contribution in [0.2, 0.25) is 0 Å². The number of aromatic nitrogens is 1. The molecule has 0 bridgehead atoms. The molecule has 0 spiro atoms. The molecule has 0 unspecified atom stereocenters. The summed E-state index contributed by atoms with van der Waals surface area (Å²) >= 11 is 1.33. The van der Waals surface area contributed by atoms with Crippen LogP contribution in [0.3, 0.4) is 0 Å². The van der Waals surface area contributed by atoms with Crippen molar-refractivity contribution in [3.05, 3.63) is 17.0 Å². The second-order valence-electron chi connectivity index (χ2n) is 4.54. The van der Waals surface area contributed by atoms with E-state index in [1.54, 1.807) is 4.90 Å². The Labute approximate surface area is 111 Å². The van der Waals surface area contributed by atoms with Crippen LogP contribution in [0, 0.1) is 0 Å². The van der Waals surface area contributed by atoms with E-state index >= 15 is 0 Å². The van der Waals surface area contributed by atoms with Gasteiger partial charge in [-0.3, -0.25) is 4.79 Å². The summed E-state index contributed by atoms with van der Waals surface area (Å²) in [5.41, 5.74) is 5.82. The highest BCUT2D eigenvalue weighted by Gasteiger charge is 2.22. The summed E-state index contributed by atoms with van der Waals surface area (Å²) in [4.78, 5) is 18.8. The molecule has 0 fully saturated rings. The third-order valence-corrected chi connectivity index (χ3v) is 3.60. The average molecular weight is 266 g/mol. The molecule has 0 saturated heterocycles. The monoisotopic (exact) mass is 266 g/mol. The molecule has 2 rings (SSSR count). The maximum Gasteiger partial charge on any atom is 0.268 e. The average Bonchev–Trinajstić information content (AvgIpc) is 2.69. The SMILES string of the molecule is CC(C)Nc1nc(N)c(C(=O)N2CC=CCC2)s1. The summed E-state index contributed by atoms with van der Waals surface area (Å²) in [6, 6.07) is 0.274. The van der Waals surface area contributed by atoms with Gasteiger partial charge in [-0.05, 0) is 20.3 Å². The lowest BCUT2D eigenvalue weighted by atomic mass is 10.2. The smallest absolute Gasteiger partial charge is 0.268 e. The van der Waals surface area contributed by atoms with Crippen LogP contribution in [-0.4, -0.2) is 34.9 Å². The number of thiazole rings is 1. The van der Waals surface area contributed by atoms with E-state index in [4.69, 9.17) is 5.73 Å². The third-order valence-electron chi connectivity index (χ3n) is 2.61. The second-order valence-corrected chi connectivity index (χ2v) is 5.54. The summed E-state index contributed by atoms with van der Waals surface area (Å²) in [5.74, 6) is 0.300. The zero-order valence-electron chi connectivity index (χ0n) is 10.6. The number of carbonyl (C=O) groups is 1. The van der Waals surface area contributed by atoms with Crippen LogP contribution in [0.4, 0.5) is 10.9 Å². The molecule has 0 atom stereocenters. The van der Waals surface area contributed by atoms with Crippen molar-refractivity contribution in [3.8, 4) is 0 Å². The summed E-state index contributed by atoms with van der Waals surface area (Å²) < 4.78 is 0. The van der Waals surface area contributed by atoms with Gasteiger partial charge in [-0.1, -0.05) is 23.5 Å². The minimum Gasteiger partial charge on any atom is -0.382 e. The first-order chi connectivity index (χ1) is 8.58. The van der Waals surface area contributed by atoms with E-state index in [0.717, 1.165) is 13.0 Å². The van der Waals surface area contributed by atoms with Gasteiger partial charge in [0.25, 0.3) is 5.91 Å². The van der Waals surface area contributed by atoms with Crippen molar-refractivity contribution in [2.45, 2.75) is 26.3 Å². The fourth-order valence-electron chi connectivity index (χ4n) is 1.76. The van der Waals surface area contributed by atoms with Crippen LogP contribution in [0.1, 0.15) is 29.9 Å². The van der Waals surface area contributed by atoms with E-state index in [-0.39, 0.29) is 11.9 Å². The number of rotatable bonds is 3. The van der Waals surface area contributed by atoms with Crippen molar-refractivity contribution in [1.82, 2.24) is 9.88 Å². The van der Waals surface area contributed by atoms with Gasteiger partial charge in [-0.25, -0.2) is 4.98 Å². The molecule has 18 heavy (non-hydrogen) atoms. The number of nitrogens with two attached hydrogens (primary N) is 1. The number of hydrogen-bond donors (Lipinski definition) is 2. The molecule has 0 saturated carbocycles. The molecular formula is C12H18N4OS. The first-order valence-electron chi connectivity index (χ1n) is 6.05. The Morgan fingerprint density at radius 2 is 2.33 bits per heavy atom. The largest absolute Gasteiger partial charge is 0.382 e. The quantitative estimate of drug-likeness (QED) is 0.820. The molecular weight excluding hydrogens is 248 g/mol. The summed E-state index contributed by atoms with van der Waals surface area (Å²) in [5, 5.41) is 3.87. The molecule has 6 heteroatoms. The molecule has 1 aromatic heterocycles. The Bertz CT molecular complexity index is 467. The van der Waals surface area contributed by atoms with E-state index in [1.807, 2.05) is 19.9 Å². The van der Waals surface area contributed by atoms with Crippen LogP contribution >= 0.6 is 11.3 Å². The van der Waals surface area contributed by atoms with Gasteiger partial charge in [0.05, 0.1) is 0 Å². The Morgan fingerprint density at radius 1 is 1.56 bits per heavy atom. The molecule has 1 aliphatic rings. The van der Waals surface area contributed by atoms with Gasteiger partial charge in [0.15, 0.2) is 5.13 Å². The minimum absolute atomic E-state index is 0.0221. The van der Waals surface area contributed by atoms with Crippen molar-refractivity contribution < 1.29 is 4.79 Å². The van der Waals surface area contributed by atoms with Crippen molar-refractivity contribution in [2.24, 2.45) is 0 Å². The number of hydrogen-bond acceptors (Lipinski definition) is 5. The van der Waals surface area contributed by atoms with E-state index in [9.17, 15) is 4.79 Å². The maximum atomic E-state index is 12.3. The first-order valence-corrected chi connectivity index (χ1v) is 6.86. The van der Waals surface area contributed by atoms with E-state index in [1.165, 1.54) is 11.3 Å². The van der Waals surface area contributed by atoms with Gasteiger partial charge < -0.3 is 16.0 Å². The molecule has 0 radical (unpaired) electrons. The van der Waals surface area contributed by atoms with Gasteiger partial charge in [0.1, 0.15) is 10.7 Å². The van der Waals surface area contributed by atoms with Gasteiger partial charge in [-0.2, -0.15) is 0 Å². The topological polar surface area (TPSA) is 71.2 Å². The highest BCUT2D eigenvalue weighted by molar-refractivity contribution is 7.18. The zero-order chi connectivity index (χ0) is 13.1. The Kier molecular flexibility index (Phi) is 3.86. The molecule has 3 N–H and O–H groups in total. The third kappa shape index (κ3) is 2.81. The minimum atomic E-state index is -0.0221. The van der Waals surface area contributed by atoms with Crippen LogP contribution < -0.4 is 11.1 Å². The van der Waals surface area contributed by atoms with Gasteiger partial charge >= 0.3 is 0 Å². The van der Waals surface area contributed by atoms with Crippen LogP contribution in [0.25, 0.3) is 0 Å². The summed E-state index contributed by atoms with van der Waals surface area (Å²) in [6.45, 7) is 5.45. The number of anilines is 2. The lowest BCUT2D eigenvalue weighted by Gasteiger charge is -2.22. The lowest BCUT2D eigenvalue weighted by molar-refractivity contribution is 0.0776. The maximum absolute atomic E-state index is 12.3. The molecule has 98 valence electrons. The van der Waals surface area contributed by atoms with E-state index in [2.05, 4.69) is 16.4 Å². The first kappa shape index (κ1) is 12.9. The summed E-state index contributed by atoms with van der Waals surface area (Å²) in [6.07, 6.45) is 5.00. The van der Waals surface area contributed by atoms with Gasteiger partial charge in [-0.15, -0.1) is 0 Å². The van der Waals surface area contributed by atoms with Crippen molar-refractivity contribution in [2.75, 3.05) is 24.1 Å². The fraction of sp³-hybridized carbons (Fsp3) is 0.500. The highest BCUT2D eigenvalue weighted by Crippen LogP contribution is 2.27. The molecule has 0 aromatic carbocycles. The number of carbonyl (C=O) groups excluding carboxylic acids is 1. The van der Waals surface area contributed by atoms with E-state index < -0.39 is 0 Å². The van der Waals surface area contributed by atoms with Crippen molar-refractivity contribution in [1.29, 1.82) is 0 Å². The molecule has 5 nitrogen and oxygen atoms in total. The number of amides is 1. The fourth-order valence-corrected chi connectivity index (χ4v) is 2.76. The van der Waals surface area contributed by atoms with Crippen molar-refractivity contribution >= 4 is 28.2 Å². The van der Waals surface area contributed by atoms with Gasteiger partial charge in [0.2, 0.25) is 0 Å². The Morgan fingerprint density at radius 3 is 2.94 bits per heavy atom. The van der Waals surface area contributed by atoms with E-state index in [0.29, 0.717) is 22.4 Å². The Balaban J connectivity index is 2.14. The van der Waals surface area contributed by atoms with Crippen LogP contribution in [0.15, 0.2) is 12.2 Å². The lowest BCUT2D eigenvalue weighted by Crippen LogP contribution is -2.33. The predicted octanol–water partition coefficient (Wildman–Crippen LogP) is 1.95. The normalized spacial score (nSPS) is 15.2. The molecule has 0 aliphatic carbocycles. The highest BCUT2D eigenvalue weighted by atomic mass is 32.1. The van der Waals surface area contributed by atoms with Crippen LogP contribution in [0.5, 0.6) is 0 Å². The predicted molar refractivity (Wildman–Crippen MR) is 74.9 cm³/mol. The van der Waals surface area contributed by atoms with Crippen molar-refractivity contribution in [3.63, 3.8) is 0 Å². The number of nitrogen functional groups attached to an aromatic ring is 1. The zero-order valence-corrected chi connectivity index (χ0v) is 11.5. The molecule has 1 aliphatic heterocycles. The molecule has 2 heterocycles. The number of nitrogens with one attached hydrogen (secondary N) is 1. The standard InChI is InChI=1S/C12H18N4OS/c1-8(2)14-12-15-10(13)9(18-12)11(17)16-6-4-3-5-7-16/h3-4,8H,5-7,13H2,1-2H3,(H,14,15).